The number of benzene rings is 1. The number of hydrogen-bond donors (Lipinski definition) is 1. The summed E-state index contributed by atoms with van der Waals surface area (Å²) < 4.78 is 7.45. The van der Waals surface area contributed by atoms with Gasteiger partial charge in [-0.1, -0.05) is 26.7 Å². The zero-order valence-corrected chi connectivity index (χ0v) is 13.2. The Bertz CT molecular complexity index is 572. The Morgan fingerprint density at radius 1 is 1.14 bits per heavy atom. The molecule has 0 spiro atoms. The Hall–Kier alpha value is -1.97. The zero-order valence-electron chi connectivity index (χ0n) is 13.2. The maximum atomic E-state index is 6.11. The van der Waals surface area contributed by atoms with Crippen molar-refractivity contribution < 1.29 is 4.74 Å². The van der Waals surface area contributed by atoms with Gasteiger partial charge >= 0.3 is 0 Å². The lowest BCUT2D eigenvalue weighted by atomic mass is 10.0. The molecule has 0 fully saturated rings. The number of hydrogen-bond acceptors (Lipinski definition) is 3. The first-order valence-corrected chi connectivity index (χ1v) is 7.72. The van der Waals surface area contributed by atoms with Crippen molar-refractivity contribution in [3.8, 4) is 17.0 Å². The van der Waals surface area contributed by atoms with Gasteiger partial charge in [-0.25, -0.2) is 0 Å². The van der Waals surface area contributed by atoms with E-state index < -0.39 is 0 Å². The molecule has 4 nitrogen and oxygen atoms in total. The molecule has 0 aliphatic rings. The molecular formula is C17H25N3O. The summed E-state index contributed by atoms with van der Waals surface area (Å²) in [6.07, 6.45) is 4.23. The molecule has 0 atom stereocenters. The van der Waals surface area contributed by atoms with Crippen LogP contribution >= 0.6 is 0 Å². The topological polar surface area (TPSA) is 53.1 Å². The molecule has 1 heterocycles. The van der Waals surface area contributed by atoms with E-state index in [-0.39, 0.29) is 0 Å². The summed E-state index contributed by atoms with van der Waals surface area (Å²) in [5.41, 5.74) is 9.33. The van der Waals surface area contributed by atoms with E-state index in [1.807, 2.05) is 19.2 Å². The molecule has 1 aromatic carbocycles. The highest BCUT2D eigenvalue weighted by molar-refractivity contribution is 5.68. The van der Waals surface area contributed by atoms with Crippen molar-refractivity contribution in [2.45, 2.75) is 39.5 Å². The lowest BCUT2D eigenvalue weighted by molar-refractivity contribution is 0.309. The normalized spacial score (nSPS) is 10.8. The SMILES string of the molecule is CCCCOc1ccc(-c2nn(C)c(N)c2CCC)cc1. The number of anilines is 1. The van der Waals surface area contributed by atoms with Crippen LogP contribution in [0.5, 0.6) is 5.75 Å². The standard InChI is InChI=1S/C17H25N3O/c1-4-6-12-21-14-10-8-13(9-11-14)16-15(7-5-2)17(18)20(3)19-16/h8-11H,4-7,12,18H2,1-3H3. The van der Waals surface area contributed by atoms with Crippen LogP contribution < -0.4 is 10.5 Å². The summed E-state index contributed by atoms with van der Waals surface area (Å²) in [6, 6.07) is 8.13. The molecule has 0 bridgehead atoms. The molecule has 2 N–H and O–H groups in total. The van der Waals surface area contributed by atoms with Crippen LogP contribution in [0.3, 0.4) is 0 Å². The van der Waals surface area contributed by atoms with Gasteiger partial charge < -0.3 is 10.5 Å². The van der Waals surface area contributed by atoms with Gasteiger partial charge in [-0.2, -0.15) is 5.10 Å². The summed E-state index contributed by atoms with van der Waals surface area (Å²) in [5.74, 6) is 1.67. The van der Waals surface area contributed by atoms with Crippen molar-refractivity contribution in [2.24, 2.45) is 7.05 Å². The van der Waals surface area contributed by atoms with Crippen LogP contribution in [-0.4, -0.2) is 16.4 Å². The molecule has 2 aromatic rings. The second kappa shape index (κ2) is 7.16. The molecule has 0 saturated heterocycles. The summed E-state index contributed by atoms with van der Waals surface area (Å²) in [6.45, 7) is 5.08. The van der Waals surface area contributed by atoms with Gasteiger partial charge in [0.25, 0.3) is 0 Å². The lowest BCUT2D eigenvalue weighted by Gasteiger charge is -2.06. The van der Waals surface area contributed by atoms with E-state index in [1.165, 1.54) is 0 Å². The van der Waals surface area contributed by atoms with E-state index in [2.05, 4.69) is 31.1 Å². The van der Waals surface area contributed by atoms with Crippen LogP contribution in [-0.2, 0) is 13.5 Å². The molecule has 0 saturated carbocycles. The first-order chi connectivity index (χ1) is 10.2. The minimum absolute atomic E-state index is 0.759. The van der Waals surface area contributed by atoms with Crippen molar-refractivity contribution in [3.63, 3.8) is 0 Å². The third kappa shape index (κ3) is 3.57. The van der Waals surface area contributed by atoms with E-state index in [1.54, 1.807) is 4.68 Å². The van der Waals surface area contributed by atoms with E-state index >= 15 is 0 Å². The number of aromatic nitrogens is 2. The number of nitrogens with two attached hydrogens (primary N) is 1. The number of aryl methyl sites for hydroxylation is 1. The van der Waals surface area contributed by atoms with Crippen molar-refractivity contribution in [1.29, 1.82) is 0 Å². The molecule has 4 heteroatoms. The Kier molecular flexibility index (Phi) is 5.26. The third-order valence-electron chi connectivity index (χ3n) is 3.59. The number of ether oxygens (including phenoxy) is 1. The minimum atomic E-state index is 0.759. The van der Waals surface area contributed by atoms with E-state index in [0.717, 1.165) is 60.7 Å². The van der Waals surface area contributed by atoms with Gasteiger partial charge in [-0.15, -0.1) is 0 Å². The summed E-state index contributed by atoms with van der Waals surface area (Å²) in [4.78, 5) is 0. The van der Waals surface area contributed by atoms with Crippen LogP contribution in [0.4, 0.5) is 5.82 Å². The number of nitrogens with zero attached hydrogens (tertiary/aromatic N) is 2. The van der Waals surface area contributed by atoms with Crippen molar-refractivity contribution >= 4 is 5.82 Å². The highest BCUT2D eigenvalue weighted by atomic mass is 16.5. The number of unbranched alkanes of at least 4 members (excludes halogenated alkanes) is 1. The van der Waals surface area contributed by atoms with Crippen molar-refractivity contribution in [3.05, 3.63) is 29.8 Å². The van der Waals surface area contributed by atoms with E-state index in [0.29, 0.717) is 0 Å². The Morgan fingerprint density at radius 3 is 2.48 bits per heavy atom. The highest BCUT2D eigenvalue weighted by Gasteiger charge is 2.14. The Morgan fingerprint density at radius 2 is 1.86 bits per heavy atom. The van der Waals surface area contributed by atoms with Crippen molar-refractivity contribution in [2.75, 3.05) is 12.3 Å². The molecule has 0 unspecified atom stereocenters. The monoisotopic (exact) mass is 287 g/mol. The minimum Gasteiger partial charge on any atom is -0.494 e. The fraction of sp³-hybridized carbons (Fsp3) is 0.471. The van der Waals surface area contributed by atoms with Gasteiger partial charge in [0, 0.05) is 18.2 Å². The Balaban J connectivity index is 2.20. The molecule has 0 radical (unpaired) electrons. The summed E-state index contributed by atoms with van der Waals surface area (Å²) in [5, 5.41) is 4.55. The van der Waals surface area contributed by atoms with Crippen LogP contribution in [0, 0.1) is 0 Å². The first kappa shape index (κ1) is 15.4. The molecular weight excluding hydrogens is 262 g/mol. The lowest BCUT2D eigenvalue weighted by Crippen LogP contribution is -1.99. The Labute approximate surface area is 126 Å². The highest BCUT2D eigenvalue weighted by Crippen LogP contribution is 2.29. The van der Waals surface area contributed by atoms with Gasteiger partial charge in [-0.3, -0.25) is 4.68 Å². The largest absolute Gasteiger partial charge is 0.494 e. The zero-order chi connectivity index (χ0) is 15.2. The van der Waals surface area contributed by atoms with Crippen LogP contribution in [0.2, 0.25) is 0 Å². The molecule has 0 aliphatic carbocycles. The number of rotatable bonds is 7. The van der Waals surface area contributed by atoms with Crippen LogP contribution in [0.15, 0.2) is 24.3 Å². The van der Waals surface area contributed by atoms with Crippen LogP contribution in [0.1, 0.15) is 38.7 Å². The molecule has 21 heavy (non-hydrogen) atoms. The molecule has 0 amide bonds. The average molecular weight is 287 g/mol. The quantitative estimate of drug-likeness (QED) is 0.788. The van der Waals surface area contributed by atoms with Gasteiger partial charge in [0.2, 0.25) is 0 Å². The first-order valence-electron chi connectivity index (χ1n) is 7.72. The average Bonchev–Trinajstić information content (AvgIpc) is 2.77. The molecule has 0 aliphatic heterocycles. The molecule has 1 aromatic heterocycles. The van der Waals surface area contributed by atoms with Crippen molar-refractivity contribution in [1.82, 2.24) is 9.78 Å². The van der Waals surface area contributed by atoms with Gasteiger partial charge in [0.05, 0.1) is 12.3 Å². The second-order valence-electron chi connectivity index (χ2n) is 5.31. The van der Waals surface area contributed by atoms with E-state index in [4.69, 9.17) is 10.5 Å². The van der Waals surface area contributed by atoms with Crippen LogP contribution in [0.25, 0.3) is 11.3 Å². The fourth-order valence-corrected chi connectivity index (χ4v) is 2.35. The number of nitrogen functional groups attached to an aromatic ring is 1. The van der Waals surface area contributed by atoms with Gasteiger partial charge in [0.1, 0.15) is 11.6 Å². The summed E-state index contributed by atoms with van der Waals surface area (Å²) in [7, 11) is 1.89. The maximum absolute atomic E-state index is 6.11. The predicted octanol–water partition coefficient (Wildman–Crippen LogP) is 3.80. The fourth-order valence-electron chi connectivity index (χ4n) is 2.35. The molecule has 114 valence electrons. The van der Waals surface area contributed by atoms with E-state index in [9.17, 15) is 0 Å². The smallest absolute Gasteiger partial charge is 0.125 e. The molecule has 2 rings (SSSR count). The summed E-state index contributed by atoms with van der Waals surface area (Å²) >= 11 is 0. The third-order valence-corrected chi connectivity index (χ3v) is 3.59. The predicted molar refractivity (Wildman–Crippen MR) is 87.5 cm³/mol. The van der Waals surface area contributed by atoms with Gasteiger partial charge in [0.15, 0.2) is 0 Å². The second-order valence-corrected chi connectivity index (χ2v) is 5.31. The maximum Gasteiger partial charge on any atom is 0.125 e. The van der Waals surface area contributed by atoms with Gasteiger partial charge in [-0.05, 0) is 37.1 Å².